The summed E-state index contributed by atoms with van der Waals surface area (Å²) in [5, 5.41) is 0.478. The molecule has 3 aromatic rings. The van der Waals surface area contributed by atoms with E-state index in [9.17, 15) is 0 Å². The standard InChI is InChI=1S/C16H14N2/c1-11-10-16(13-7-2-4-8-14(13)17)18-15-9-5-3-6-12(11)15/h2-10H,17H2,1H3/i1D3,10D. The molecule has 0 saturated heterocycles. The molecule has 0 atom stereocenters. The van der Waals surface area contributed by atoms with Crippen LogP contribution < -0.4 is 5.73 Å². The average Bonchev–Trinajstić information content (AvgIpc) is 2.46. The summed E-state index contributed by atoms with van der Waals surface area (Å²) in [6, 6.07) is 13.9. The lowest BCUT2D eigenvalue weighted by atomic mass is 10.0. The van der Waals surface area contributed by atoms with Crippen molar-refractivity contribution >= 4 is 16.6 Å². The third-order valence-electron chi connectivity index (χ3n) is 2.86. The van der Waals surface area contributed by atoms with E-state index in [-0.39, 0.29) is 11.6 Å². The number of nitrogens with two attached hydrogens (primary N) is 1. The molecule has 0 aliphatic rings. The zero-order chi connectivity index (χ0) is 15.9. The van der Waals surface area contributed by atoms with E-state index in [1.807, 2.05) is 0 Å². The van der Waals surface area contributed by atoms with E-state index in [0.717, 1.165) is 0 Å². The quantitative estimate of drug-likeness (QED) is 0.655. The Hall–Kier alpha value is -2.35. The largest absolute Gasteiger partial charge is 0.398 e. The van der Waals surface area contributed by atoms with Gasteiger partial charge >= 0.3 is 0 Å². The van der Waals surface area contributed by atoms with Gasteiger partial charge in [0.2, 0.25) is 0 Å². The number of pyridine rings is 1. The molecule has 0 unspecified atom stereocenters. The van der Waals surface area contributed by atoms with Gasteiger partial charge in [0, 0.05) is 20.7 Å². The van der Waals surface area contributed by atoms with Crippen molar-refractivity contribution in [2.75, 3.05) is 5.73 Å². The molecule has 0 aliphatic heterocycles. The first-order chi connectivity index (χ1) is 10.4. The fourth-order valence-corrected chi connectivity index (χ4v) is 1.96. The lowest BCUT2D eigenvalue weighted by Crippen LogP contribution is -1.93. The second-order valence-electron chi connectivity index (χ2n) is 4.06. The van der Waals surface area contributed by atoms with Crippen molar-refractivity contribution in [3.05, 3.63) is 60.1 Å². The van der Waals surface area contributed by atoms with Crippen LogP contribution in [0.5, 0.6) is 0 Å². The Morgan fingerprint density at radius 3 is 2.72 bits per heavy atom. The Balaban J connectivity index is 2.43. The zero-order valence-electron chi connectivity index (χ0n) is 13.6. The molecule has 0 spiro atoms. The van der Waals surface area contributed by atoms with Crippen LogP contribution in [0.4, 0.5) is 5.69 Å². The molecule has 0 bridgehead atoms. The van der Waals surface area contributed by atoms with E-state index < -0.39 is 6.85 Å². The zero-order valence-corrected chi connectivity index (χ0v) is 9.64. The Morgan fingerprint density at radius 2 is 1.89 bits per heavy atom. The molecule has 2 aromatic carbocycles. The van der Waals surface area contributed by atoms with Crippen LogP contribution >= 0.6 is 0 Å². The first kappa shape index (κ1) is 7.17. The SMILES string of the molecule is [2H]c1c(-c2ccccc2N)nc2ccccc2c1C([2H])([2H])[2H]. The number of benzene rings is 2. The van der Waals surface area contributed by atoms with E-state index in [4.69, 9.17) is 11.2 Å². The maximum absolute atomic E-state index is 8.34. The van der Waals surface area contributed by atoms with Crippen LogP contribution in [-0.2, 0) is 0 Å². The number of fused-ring (bicyclic) bond motifs is 1. The van der Waals surface area contributed by atoms with Crippen LogP contribution in [0.15, 0.2) is 54.6 Å². The number of nitrogen functional groups attached to an aromatic ring is 1. The summed E-state index contributed by atoms with van der Waals surface area (Å²) in [6.07, 6.45) is 0. The maximum atomic E-state index is 8.34. The number of aromatic nitrogens is 1. The minimum atomic E-state index is -2.39. The topological polar surface area (TPSA) is 38.9 Å². The summed E-state index contributed by atoms with van der Waals surface area (Å²) in [4.78, 5) is 4.46. The van der Waals surface area contributed by atoms with E-state index in [0.29, 0.717) is 27.8 Å². The first-order valence-corrected chi connectivity index (χ1v) is 5.64. The molecule has 18 heavy (non-hydrogen) atoms. The van der Waals surface area contributed by atoms with Gasteiger partial charge in [0.15, 0.2) is 0 Å². The molecule has 0 aliphatic carbocycles. The van der Waals surface area contributed by atoms with Gasteiger partial charge in [-0.2, -0.15) is 0 Å². The van der Waals surface area contributed by atoms with Gasteiger partial charge in [0.1, 0.15) is 0 Å². The highest BCUT2D eigenvalue weighted by Crippen LogP contribution is 2.27. The summed E-state index contributed by atoms with van der Waals surface area (Å²) in [5.41, 5.74) is 7.85. The van der Waals surface area contributed by atoms with Gasteiger partial charge in [-0.05, 0) is 30.6 Å². The number of hydrogen-bond donors (Lipinski definition) is 1. The molecule has 0 radical (unpaired) electrons. The molecule has 0 fully saturated rings. The van der Waals surface area contributed by atoms with Crippen LogP contribution in [0.1, 0.15) is 11.0 Å². The van der Waals surface area contributed by atoms with E-state index in [1.54, 1.807) is 48.5 Å². The van der Waals surface area contributed by atoms with Crippen molar-refractivity contribution in [2.45, 2.75) is 6.85 Å². The number of anilines is 1. The van der Waals surface area contributed by atoms with Crippen molar-refractivity contribution in [2.24, 2.45) is 0 Å². The highest BCUT2D eigenvalue weighted by Gasteiger charge is 2.06. The summed E-state index contributed by atoms with van der Waals surface area (Å²) in [7, 11) is 0. The summed E-state index contributed by atoms with van der Waals surface area (Å²) >= 11 is 0. The van der Waals surface area contributed by atoms with Crippen LogP contribution in [0, 0.1) is 6.85 Å². The van der Waals surface area contributed by atoms with Crippen molar-refractivity contribution < 1.29 is 5.48 Å². The fraction of sp³-hybridized carbons (Fsp3) is 0.0625. The third-order valence-corrected chi connectivity index (χ3v) is 2.86. The van der Waals surface area contributed by atoms with E-state index >= 15 is 0 Å². The van der Waals surface area contributed by atoms with Gasteiger partial charge in [-0.15, -0.1) is 0 Å². The Labute approximate surface area is 112 Å². The Morgan fingerprint density at radius 1 is 1.11 bits per heavy atom. The minimum absolute atomic E-state index is 0.0105. The van der Waals surface area contributed by atoms with Gasteiger partial charge < -0.3 is 5.73 Å². The second kappa shape index (κ2) is 4.15. The second-order valence-corrected chi connectivity index (χ2v) is 4.06. The maximum Gasteiger partial charge on any atom is 0.0733 e. The van der Waals surface area contributed by atoms with Crippen molar-refractivity contribution in [1.82, 2.24) is 4.98 Å². The number of para-hydroxylation sites is 2. The van der Waals surface area contributed by atoms with Crippen LogP contribution in [0.2, 0.25) is 0 Å². The molecule has 2 heteroatoms. The highest BCUT2D eigenvalue weighted by atomic mass is 14.7. The number of rotatable bonds is 1. The van der Waals surface area contributed by atoms with Gasteiger partial charge in [0.25, 0.3) is 0 Å². The van der Waals surface area contributed by atoms with Gasteiger partial charge in [-0.1, -0.05) is 36.4 Å². The monoisotopic (exact) mass is 238 g/mol. The van der Waals surface area contributed by atoms with Crippen molar-refractivity contribution in [3.8, 4) is 11.3 Å². The van der Waals surface area contributed by atoms with Crippen molar-refractivity contribution in [1.29, 1.82) is 0 Å². The molecule has 1 aromatic heterocycles. The van der Waals surface area contributed by atoms with Crippen LogP contribution in [0.25, 0.3) is 22.2 Å². The molecule has 3 rings (SSSR count). The fourth-order valence-electron chi connectivity index (χ4n) is 1.96. The predicted molar refractivity (Wildman–Crippen MR) is 76.3 cm³/mol. The number of nitrogens with zero attached hydrogens (tertiary/aromatic N) is 1. The van der Waals surface area contributed by atoms with E-state index in [2.05, 4.69) is 4.98 Å². The highest BCUT2D eigenvalue weighted by molar-refractivity contribution is 5.86. The van der Waals surface area contributed by atoms with Crippen LogP contribution in [0.3, 0.4) is 0 Å². The third kappa shape index (κ3) is 1.72. The molecule has 2 nitrogen and oxygen atoms in total. The molecular weight excluding hydrogens is 220 g/mol. The average molecular weight is 238 g/mol. The van der Waals surface area contributed by atoms with Gasteiger partial charge in [0.05, 0.1) is 12.6 Å². The molecule has 0 amide bonds. The summed E-state index contributed by atoms with van der Waals surface area (Å²) in [5.74, 6) is 0. The minimum Gasteiger partial charge on any atom is -0.398 e. The Kier molecular flexibility index (Phi) is 1.65. The Bertz CT molecular complexity index is 856. The molecule has 88 valence electrons. The molecular formula is C16H14N2. The molecule has 1 heterocycles. The van der Waals surface area contributed by atoms with Gasteiger partial charge in [-0.3, -0.25) is 0 Å². The first-order valence-electron chi connectivity index (χ1n) is 7.64. The van der Waals surface area contributed by atoms with Gasteiger partial charge in [-0.25, -0.2) is 4.98 Å². The summed E-state index contributed by atoms with van der Waals surface area (Å²) < 4.78 is 31.6. The normalized spacial score (nSPS) is 14.7. The van der Waals surface area contributed by atoms with Crippen LogP contribution in [-0.4, -0.2) is 4.98 Å². The smallest absolute Gasteiger partial charge is 0.0733 e. The van der Waals surface area contributed by atoms with E-state index in [1.165, 1.54) is 0 Å². The number of hydrogen-bond acceptors (Lipinski definition) is 2. The predicted octanol–water partition coefficient (Wildman–Crippen LogP) is 3.79. The van der Waals surface area contributed by atoms with Crippen molar-refractivity contribution in [3.63, 3.8) is 0 Å². The lowest BCUT2D eigenvalue weighted by molar-refractivity contribution is 1.36. The molecule has 2 N–H and O–H groups in total. The molecule has 0 saturated carbocycles. The lowest BCUT2D eigenvalue weighted by Gasteiger charge is -2.08. The summed E-state index contributed by atoms with van der Waals surface area (Å²) in [6.45, 7) is -2.39. The number of aryl methyl sites for hydroxylation is 1.